The molecule has 0 saturated carbocycles. The number of amides is 1. The number of carbonyl (C=O) groups is 2. The van der Waals surface area contributed by atoms with Gasteiger partial charge in [0.15, 0.2) is 5.78 Å². The zero-order valence-corrected chi connectivity index (χ0v) is 23.3. The van der Waals surface area contributed by atoms with Crippen LogP contribution in [0, 0.1) is 5.92 Å². The molecule has 1 amide bonds. The lowest BCUT2D eigenvalue weighted by Crippen LogP contribution is -2.48. The van der Waals surface area contributed by atoms with E-state index >= 15 is 0 Å². The van der Waals surface area contributed by atoms with E-state index in [0.29, 0.717) is 41.5 Å². The molecule has 0 radical (unpaired) electrons. The predicted octanol–water partition coefficient (Wildman–Crippen LogP) is 6.47. The van der Waals surface area contributed by atoms with E-state index in [1.807, 2.05) is 67.0 Å². The number of ether oxygens (including phenoxy) is 1. The standard InChI is InChI=1S/C32H28ClN3O3.ClH/c33-29-17-23(35-32(38)26-11-5-4-10-25(26)21-7-2-1-3-8-21)13-14-27(29)31(37)28-12-6-9-22-18-34-19-24-20-39-16-15-36(24)30(22)28;/h1-11,13-14,17-19,28,30,34H,12,15-16,20H2,(H,35,38);1H/t28?,30-;/m0./s1. The summed E-state index contributed by atoms with van der Waals surface area (Å²) in [6.07, 6.45) is 8.65. The maximum Gasteiger partial charge on any atom is 0.256 e. The quantitative estimate of drug-likeness (QED) is 0.342. The summed E-state index contributed by atoms with van der Waals surface area (Å²) < 4.78 is 5.65. The number of benzene rings is 3. The van der Waals surface area contributed by atoms with E-state index in [1.165, 1.54) is 0 Å². The van der Waals surface area contributed by atoms with E-state index in [0.717, 1.165) is 28.9 Å². The molecule has 1 unspecified atom stereocenters. The molecule has 3 aromatic carbocycles. The van der Waals surface area contributed by atoms with Crippen molar-refractivity contribution in [1.29, 1.82) is 0 Å². The van der Waals surface area contributed by atoms with Crippen LogP contribution < -0.4 is 10.6 Å². The van der Waals surface area contributed by atoms with Crippen molar-refractivity contribution in [3.63, 3.8) is 0 Å². The number of rotatable bonds is 5. The van der Waals surface area contributed by atoms with Crippen molar-refractivity contribution in [2.75, 3.05) is 25.1 Å². The minimum atomic E-state index is -0.293. The Bertz CT molecular complexity index is 1520. The molecule has 1 fully saturated rings. The Morgan fingerprint density at radius 1 is 0.975 bits per heavy atom. The highest BCUT2D eigenvalue weighted by molar-refractivity contribution is 6.34. The Labute approximate surface area is 244 Å². The topological polar surface area (TPSA) is 70.7 Å². The molecule has 40 heavy (non-hydrogen) atoms. The molecule has 2 heterocycles. The fourth-order valence-electron chi connectivity index (χ4n) is 5.58. The number of anilines is 1. The summed E-state index contributed by atoms with van der Waals surface area (Å²) in [5, 5.41) is 6.51. The van der Waals surface area contributed by atoms with Crippen molar-refractivity contribution in [2.45, 2.75) is 12.5 Å². The zero-order chi connectivity index (χ0) is 26.8. The van der Waals surface area contributed by atoms with Crippen LogP contribution in [0.15, 0.2) is 109 Å². The maximum absolute atomic E-state index is 13.9. The van der Waals surface area contributed by atoms with Crippen LogP contribution >= 0.6 is 24.0 Å². The second kappa shape index (κ2) is 12.1. The van der Waals surface area contributed by atoms with Crippen LogP contribution in [-0.2, 0) is 4.74 Å². The van der Waals surface area contributed by atoms with Crippen molar-refractivity contribution >= 4 is 41.4 Å². The number of allylic oxidation sites excluding steroid dienone is 1. The summed E-state index contributed by atoms with van der Waals surface area (Å²) in [5.74, 6) is -0.548. The summed E-state index contributed by atoms with van der Waals surface area (Å²) in [4.78, 5) is 29.4. The number of Topliss-reactive ketones (excluding diaryl/α,β-unsaturated/α-hetero) is 1. The number of hydrogen-bond donors (Lipinski definition) is 2. The molecule has 204 valence electrons. The average molecular weight is 575 g/mol. The lowest BCUT2D eigenvalue weighted by molar-refractivity contribution is 0.0455. The van der Waals surface area contributed by atoms with Gasteiger partial charge >= 0.3 is 0 Å². The van der Waals surface area contributed by atoms with Gasteiger partial charge in [0.05, 0.1) is 35.9 Å². The molecular formula is C32H29Cl2N3O3. The minimum Gasteiger partial charge on any atom is -0.373 e. The van der Waals surface area contributed by atoms with Gasteiger partial charge in [-0.3, -0.25) is 9.59 Å². The van der Waals surface area contributed by atoms with E-state index in [1.54, 1.807) is 24.3 Å². The maximum atomic E-state index is 13.9. The number of morpholine rings is 1. The first-order chi connectivity index (χ1) is 19.1. The average Bonchev–Trinajstić information content (AvgIpc) is 3.17. The van der Waals surface area contributed by atoms with Gasteiger partial charge in [-0.05, 0) is 47.4 Å². The van der Waals surface area contributed by atoms with Crippen molar-refractivity contribution < 1.29 is 14.3 Å². The lowest BCUT2D eigenvalue weighted by Gasteiger charge is -2.42. The Hall–Kier alpha value is -3.84. The molecule has 3 aromatic rings. The Kier molecular flexibility index (Phi) is 8.40. The van der Waals surface area contributed by atoms with E-state index in [-0.39, 0.29) is 36.1 Å². The van der Waals surface area contributed by atoms with E-state index in [9.17, 15) is 9.59 Å². The minimum absolute atomic E-state index is 0. The van der Waals surface area contributed by atoms with Gasteiger partial charge in [-0.1, -0.05) is 72.3 Å². The van der Waals surface area contributed by atoms with Crippen LogP contribution in [0.3, 0.4) is 0 Å². The molecule has 2 aliphatic heterocycles. The summed E-state index contributed by atoms with van der Waals surface area (Å²) in [6, 6.07) is 22.3. The zero-order valence-electron chi connectivity index (χ0n) is 21.7. The highest BCUT2D eigenvalue weighted by atomic mass is 35.5. The first-order valence-electron chi connectivity index (χ1n) is 13.1. The van der Waals surface area contributed by atoms with Crippen LogP contribution in [0.4, 0.5) is 5.69 Å². The first-order valence-corrected chi connectivity index (χ1v) is 13.4. The third-order valence-corrected chi connectivity index (χ3v) is 7.75. The Balaban J connectivity index is 0.00000323. The molecule has 1 aliphatic carbocycles. The molecule has 6 rings (SSSR count). The van der Waals surface area contributed by atoms with Crippen molar-refractivity contribution in [3.05, 3.63) is 125 Å². The molecular weight excluding hydrogens is 545 g/mol. The lowest BCUT2D eigenvalue weighted by atomic mass is 9.79. The van der Waals surface area contributed by atoms with Gasteiger partial charge in [-0.2, -0.15) is 0 Å². The third-order valence-electron chi connectivity index (χ3n) is 7.44. The van der Waals surface area contributed by atoms with Gasteiger partial charge in [-0.15, -0.1) is 12.4 Å². The first kappa shape index (κ1) is 27.7. The molecule has 1 saturated heterocycles. The van der Waals surface area contributed by atoms with Crippen LogP contribution in [0.5, 0.6) is 0 Å². The molecule has 2 atom stereocenters. The van der Waals surface area contributed by atoms with E-state index in [4.69, 9.17) is 16.3 Å². The highest BCUT2D eigenvalue weighted by Gasteiger charge is 2.39. The Morgan fingerprint density at radius 2 is 1.77 bits per heavy atom. The highest BCUT2D eigenvalue weighted by Crippen LogP contribution is 2.36. The second-order valence-corrected chi connectivity index (χ2v) is 10.2. The number of fused-ring (bicyclic) bond motifs is 3. The smallest absolute Gasteiger partial charge is 0.256 e. The molecule has 6 nitrogen and oxygen atoms in total. The molecule has 0 spiro atoms. The van der Waals surface area contributed by atoms with Gasteiger partial charge in [0, 0.05) is 35.8 Å². The van der Waals surface area contributed by atoms with Crippen molar-refractivity contribution in [3.8, 4) is 11.1 Å². The van der Waals surface area contributed by atoms with Crippen molar-refractivity contribution in [2.24, 2.45) is 5.92 Å². The van der Waals surface area contributed by atoms with Crippen LogP contribution in [0.25, 0.3) is 11.1 Å². The third kappa shape index (κ3) is 5.43. The summed E-state index contributed by atoms with van der Waals surface area (Å²) in [6.45, 7) is 1.85. The number of carbonyl (C=O) groups excluding carboxylic acids is 2. The molecule has 0 aromatic heterocycles. The van der Waals surface area contributed by atoms with Gasteiger partial charge in [0.1, 0.15) is 0 Å². The normalized spacial score (nSPS) is 19.5. The number of nitrogens with one attached hydrogen (secondary N) is 2. The fourth-order valence-corrected chi connectivity index (χ4v) is 5.85. The van der Waals surface area contributed by atoms with Crippen LogP contribution in [-0.4, -0.2) is 42.4 Å². The number of nitrogens with zero attached hydrogens (tertiary/aromatic N) is 1. The van der Waals surface area contributed by atoms with Gasteiger partial charge in [-0.25, -0.2) is 0 Å². The van der Waals surface area contributed by atoms with Gasteiger partial charge in [0.2, 0.25) is 0 Å². The monoisotopic (exact) mass is 573 g/mol. The number of ketones is 1. The predicted molar refractivity (Wildman–Crippen MR) is 161 cm³/mol. The summed E-state index contributed by atoms with van der Waals surface area (Å²) >= 11 is 6.68. The summed E-state index contributed by atoms with van der Waals surface area (Å²) in [7, 11) is 0. The molecule has 0 bridgehead atoms. The largest absolute Gasteiger partial charge is 0.373 e. The fraction of sp³-hybridized carbons (Fsp3) is 0.188. The number of halogens is 2. The van der Waals surface area contributed by atoms with E-state index < -0.39 is 0 Å². The molecule has 3 aliphatic rings. The van der Waals surface area contributed by atoms with Gasteiger partial charge < -0.3 is 20.3 Å². The molecule has 8 heteroatoms. The number of hydrogen-bond acceptors (Lipinski definition) is 5. The molecule has 2 N–H and O–H groups in total. The van der Waals surface area contributed by atoms with Gasteiger partial charge in [0.25, 0.3) is 5.91 Å². The van der Waals surface area contributed by atoms with Crippen molar-refractivity contribution in [1.82, 2.24) is 10.2 Å². The summed E-state index contributed by atoms with van der Waals surface area (Å²) in [5.41, 5.74) is 5.45. The second-order valence-electron chi connectivity index (χ2n) is 9.81. The Morgan fingerprint density at radius 3 is 2.60 bits per heavy atom. The van der Waals surface area contributed by atoms with Crippen LogP contribution in [0.1, 0.15) is 27.1 Å². The van der Waals surface area contributed by atoms with E-state index in [2.05, 4.69) is 21.6 Å². The SMILES string of the molecule is Cl.O=C(Nc1ccc(C(=O)C2CC=CC3=CNC=C4COCCN4[C@@H]32)c(Cl)c1)c1ccccc1-c1ccccc1. The van der Waals surface area contributed by atoms with Crippen LogP contribution in [0.2, 0.25) is 5.02 Å².